The molecule has 1 aromatic heterocycles. The second-order valence-electron chi connectivity index (χ2n) is 7.05. The molecule has 154 valence electrons. The number of benzene rings is 1. The molecule has 1 saturated carbocycles. The number of carbonyl (C=O) groups excluding carboxylic acids is 2. The van der Waals surface area contributed by atoms with Gasteiger partial charge in [-0.15, -0.1) is 6.58 Å². The average molecular weight is 416 g/mol. The number of nitrogens with one attached hydrogen (secondary N) is 1. The molecule has 29 heavy (non-hydrogen) atoms. The fourth-order valence-electron chi connectivity index (χ4n) is 3.27. The summed E-state index contributed by atoms with van der Waals surface area (Å²) >= 11 is 0. The quantitative estimate of drug-likeness (QED) is 0.385. The third-order valence-electron chi connectivity index (χ3n) is 4.85. The zero-order valence-corrected chi connectivity index (χ0v) is 17.3. The Labute approximate surface area is 170 Å². The minimum Gasteiger partial charge on any atom is -0.454 e. The Morgan fingerprint density at radius 3 is 2.48 bits per heavy atom. The first-order chi connectivity index (χ1) is 13.7. The summed E-state index contributed by atoms with van der Waals surface area (Å²) in [6.45, 7) is 7.07. The van der Waals surface area contributed by atoms with Crippen LogP contribution in [0, 0.1) is 13.8 Å². The predicted molar refractivity (Wildman–Crippen MR) is 109 cm³/mol. The average Bonchev–Trinajstić information content (AvgIpc) is 3.48. The van der Waals surface area contributed by atoms with Gasteiger partial charge in [-0.3, -0.25) is 4.79 Å². The van der Waals surface area contributed by atoms with Crippen LogP contribution in [-0.2, 0) is 14.8 Å². The van der Waals surface area contributed by atoms with E-state index >= 15 is 0 Å². The van der Waals surface area contributed by atoms with Crippen LogP contribution < -0.4 is 4.72 Å². The lowest BCUT2D eigenvalue weighted by molar-refractivity contribution is 0.0474. The minimum absolute atomic E-state index is 0.0273. The van der Waals surface area contributed by atoms with Crippen LogP contribution in [0.25, 0.3) is 0 Å². The third kappa shape index (κ3) is 4.65. The molecule has 8 heteroatoms. The summed E-state index contributed by atoms with van der Waals surface area (Å²) < 4.78 is 33.7. The van der Waals surface area contributed by atoms with E-state index in [2.05, 4.69) is 15.9 Å². The molecular weight excluding hydrogens is 392 g/mol. The van der Waals surface area contributed by atoms with Crippen LogP contribution in [0.5, 0.6) is 0 Å². The van der Waals surface area contributed by atoms with Gasteiger partial charge in [-0.2, -0.15) is 0 Å². The number of nitrogens with zero attached hydrogens (tertiary/aromatic N) is 1. The lowest BCUT2D eigenvalue weighted by atomic mass is 10.1. The van der Waals surface area contributed by atoms with Crippen LogP contribution >= 0.6 is 0 Å². The molecule has 0 aliphatic heterocycles. The first-order valence-electron chi connectivity index (χ1n) is 9.34. The van der Waals surface area contributed by atoms with E-state index in [4.69, 9.17) is 4.74 Å². The van der Waals surface area contributed by atoms with E-state index in [0.29, 0.717) is 11.6 Å². The van der Waals surface area contributed by atoms with Crippen LogP contribution in [0.15, 0.2) is 47.9 Å². The number of esters is 1. The second-order valence-corrected chi connectivity index (χ2v) is 8.82. The number of hydrogen-bond acceptors (Lipinski definition) is 5. The lowest BCUT2D eigenvalue weighted by Crippen LogP contribution is -2.23. The van der Waals surface area contributed by atoms with Crippen LogP contribution in [0.3, 0.4) is 0 Å². The van der Waals surface area contributed by atoms with Crippen LogP contribution in [0.2, 0.25) is 0 Å². The van der Waals surface area contributed by atoms with Crippen molar-refractivity contribution in [3.63, 3.8) is 0 Å². The molecule has 0 bridgehead atoms. The monoisotopic (exact) mass is 416 g/mol. The van der Waals surface area contributed by atoms with Gasteiger partial charge in [-0.1, -0.05) is 6.08 Å². The van der Waals surface area contributed by atoms with E-state index in [9.17, 15) is 18.0 Å². The molecule has 0 atom stereocenters. The topological polar surface area (TPSA) is 94.5 Å². The zero-order chi connectivity index (χ0) is 21.2. The molecule has 1 aromatic carbocycles. The summed E-state index contributed by atoms with van der Waals surface area (Å²) in [5, 5.41) is 0. The number of sulfonamides is 1. The van der Waals surface area contributed by atoms with Crippen molar-refractivity contribution in [3.8, 4) is 0 Å². The van der Waals surface area contributed by atoms with Crippen molar-refractivity contribution in [2.75, 3.05) is 13.2 Å². The van der Waals surface area contributed by atoms with Crippen molar-refractivity contribution in [3.05, 3.63) is 65.5 Å². The highest BCUT2D eigenvalue weighted by Gasteiger charge is 2.28. The van der Waals surface area contributed by atoms with E-state index < -0.39 is 16.0 Å². The van der Waals surface area contributed by atoms with E-state index in [-0.39, 0.29) is 29.4 Å². The van der Waals surface area contributed by atoms with Gasteiger partial charge in [-0.25, -0.2) is 17.9 Å². The van der Waals surface area contributed by atoms with Crippen LogP contribution in [0.1, 0.15) is 51.0 Å². The minimum atomic E-state index is -3.66. The highest BCUT2D eigenvalue weighted by molar-refractivity contribution is 7.89. The molecule has 3 rings (SSSR count). The molecule has 0 amide bonds. The van der Waals surface area contributed by atoms with Gasteiger partial charge >= 0.3 is 5.97 Å². The summed E-state index contributed by atoms with van der Waals surface area (Å²) in [6.07, 6.45) is 3.67. The highest BCUT2D eigenvalue weighted by atomic mass is 32.2. The first kappa shape index (κ1) is 21.0. The number of carbonyl (C=O) groups is 2. The maximum Gasteiger partial charge on any atom is 0.338 e. The van der Waals surface area contributed by atoms with Gasteiger partial charge in [0.1, 0.15) is 0 Å². The van der Waals surface area contributed by atoms with E-state index in [0.717, 1.165) is 24.2 Å². The SMILES string of the molecule is C=CCNS(=O)(=O)c1ccc(C(=O)OCC(=O)c2cc(C)n(C3CC3)c2C)cc1. The summed E-state index contributed by atoms with van der Waals surface area (Å²) in [5.41, 5.74) is 2.66. The maximum absolute atomic E-state index is 12.5. The van der Waals surface area contributed by atoms with Gasteiger partial charge in [0.25, 0.3) is 0 Å². The number of rotatable bonds is 9. The first-order valence-corrected chi connectivity index (χ1v) is 10.8. The van der Waals surface area contributed by atoms with Gasteiger partial charge in [0.05, 0.1) is 10.5 Å². The molecule has 2 aromatic rings. The van der Waals surface area contributed by atoms with Crippen molar-refractivity contribution in [1.82, 2.24) is 9.29 Å². The molecule has 0 unspecified atom stereocenters. The number of ether oxygens (including phenoxy) is 1. The van der Waals surface area contributed by atoms with Gasteiger partial charge in [0.15, 0.2) is 6.61 Å². The van der Waals surface area contributed by atoms with Gasteiger partial charge in [-0.05, 0) is 57.0 Å². The summed E-state index contributed by atoms with van der Waals surface area (Å²) in [4.78, 5) is 24.8. The lowest BCUT2D eigenvalue weighted by Gasteiger charge is -2.08. The Morgan fingerprint density at radius 1 is 1.24 bits per heavy atom. The summed E-state index contributed by atoms with van der Waals surface area (Å²) in [5.74, 6) is -0.941. The molecule has 0 saturated heterocycles. The highest BCUT2D eigenvalue weighted by Crippen LogP contribution is 2.38. The molecule has 1 heterocycles. The van der Waals surface area contributed by atoms with Gasteiger partial charge in [0, 0.05) is 29.5 Å². The largest absolute Gasteiger partial charge is 0.454 e. The molecule has 1 N–H and O–H groups in total. The molecule has 0 spiro atoms. The molecule has 0 radical (unpaired) electrons. The Kier molecular flexibility index (Phi) is 6.04. The number of aromatic nitrogens is 1. The van der Waals surface area contributed by atoms with Crippen LogP contribution in [-0.4, -0.2) is 37.9 Å². The van der Waals surface area contributed by atoms with E-state index in [1.54, 1.807) is 0 Å². The number of aryl methyl sites for hydroxylation is 1. The fourth-order valence-corrected chi connectivity index (χ4v) is 4.27. The number of Topliss-reactive ketones (excluding diaryl/α,β-unsaturated/α-hetero) is 1. The number of hydrogen-bond donors (Lipinski definition) is 1. The molecular formula is C21H24N2O5S. The fraction of sp³-hybridized carbons (Fsp3) is 0.333. The second kappa shape index (κ2) is 8.34. The smallest absolute Gasteiger partial charge is 0.338 e. The van der Waals surface area contributed by atoms with Crippen LogP contribution in [0.4, 0.5) is 0 Å². The van der Waals surface area contributed by atoms with E-state index in [1.807, 2.05) is 19.9 Å². The Morgan fingerprint density at radius 2 is 1.90 bits per heavy atom. The van der Waals surface area contributed by atoms with Crippen molar-refractivity contribution >= 4 is 21.8 Å². The summed E-state index contributed by atoms with van der Waals surface area (Å²) in [6, 6.07) is 7.64. The van der Waals surface area contributed by atoms with Crippen molar-refractivity contribution in [2.45, 2.75) is 37.6 Å². The maximum atomic E-state index is 12.5. The van der Waals surface area contributed by atoms with Crippen molar-refractivity contribution in [1.29, 1.82) is 0 Å². The van der Waals surface area contributed by atoms with E-state index in [1.165, 1.54) is 30.3 Å². The zero-order valence-electron chi connectivity index (χ0n) is 16.5. The Bertz CT molecular complexity index is 1050. The van der Waals surface area contributed by atoms with Crippen molar-refractivity contribution in [2.24, 2.45) is 0 Å². The predicted octanol–water partition coefficient (Wildman–Crippen LogP) is 2.94. The van der Waals surface area contributed by atoms with Gasteiger partial charge < -0.3 is 9.30 Å². The Hall–Kier alpha value is -2.71. The van der Waals surface area contributed by atoms with Crippen molar-refractivity contribution < 1.29 is 22.7 Å². The molecule has 7 nitrogen and oxygen atoms in total. The Balaban J connectivity index is 1.63. The third-order valence-corrected chi connectivity index (χ3v) is 6.29. The summed E-state index contributed by atoms with van der Waals surface area (Å²) in [7, 11) is -3.66. The molecule has 1 aliphatic carbocycles. The standard InChI is InChI=1S/C21H24N2O5S/c1-4-11-22-29(26,27)18-9-5-16(6-10-18)21(25)28-13-20(24)19-12-14(2)23(15(19)3)17-7-8-17/h4-6,9-10,12,17,22H,1,7-8,11,13H2,2-3H3. The molecule has 1 aliphatic rings. The molecule has 1 fully saturated rings. The normalized spacial score (nSPS) is 13.9. The number of ketones is 1. The van der Waals surface area contributed by atoms with Gasteiger partial charge in [0.2, 0.25) is 15.8 Å².